The van der Waals surface area contributed by atoms with E-state index in [1.54, 1.807) is 24.4 Å². The first-order valence-electron chi connectivity index (χ1n) is 7.17. The van der Waals surface area contributed by atoms with Crippen LogP contribution in [0.5, 0.6) is 0 Å². The Morgan fingerprint density at radius 1 is 1.00 bits per heavy atom. The molecule has 2 nitrogen and oxygen atoms in total. The number of aldehydes is 1. The summed E-state index contributed by atoms with van der Waals surface area (Å²) in [5.41, 5.74) is 1.64. The Morgan fingerprint density at radius 2 is 1.70 bits per heavy atom. The Balaban J connectivity index is 2.25. The van der Waals surface area contributed by atoms with Crippen LogP contribution in [-0.4, -0.2) is 10.9 Å². The van der Waals surface area contributed by atoms with Crippen molar-refractivity contribution in [2.45, 2.75) is 19.9 Å². The van der Waals surface area contributed by atoms with E-state index in [0.717, 1.165) is 17.9 Å². The van der Waals surface area contributed by atoms with Gasteiger partial charge in [0, 0.05) is 40.3 Å². The van der Waals surface area contributed by atoms with Crippen molar-refractivity contribution in [3.05, 3.63) is 59.5 Å². The molecule has 0 bridgehead atoms. The molecular formula is C18H14F3NO. The minimum atomic E-state index is -1.23. The lowest BCUT2D eigenvalue weighted by atomic mass is 10.0. The molecule has 0 spiro atoms. The maximum atomic E-state index is 14.0. The summed E-state index contributed by atoms with van der Waals surface area (Å²) in [7, 11) is 0. The second kappa shape index (κ2) is 5.57. The molecule has 5 heteroatoms. The number of fused-ring (bicyclic) bond motifs is 1. The molecule has 0 aliphatic rings. The first-order valence-corrected chi connectivity index (χ1v) is 7.17. The minimum Gasteiger partial charge on any atom is -0.344 e. The number of aromatic nitrogens is 1. The topological polar surface area (TPSA) is 22.0 Å². The van der Waals surface area contributed by atoms with Gasteiger partial charge in [0.05, 0.1) is 0 Å². The lowest BCUT2D eigenvalue weighted by molar-refractivity contribution is 0.112. The molecule has 0 amide bonds. The number of hydrogen-bond acceptors (Lipinski definition) is 1. The largest absolute Gasteiger partial charge is 0.344 e. The van der Waals surface area contributed by atoms with Gasteiger partial charge in [-0.05, 0) is 37.6 Å². The summed E-state index contributed by atoms with van der Waals surface area (Å²) in [5.74, 6) is -3.19. The van der Waals surface area contributed by atoms with Crippen LogP contribution < -0.4 is 0 Å². The highest BCUT2D eigenvalue weighted by Gasteiger charge is 2.15. The van der Waals surface area contributed by atoms with Gasteiger partial charge in [-0.25, -0.2) is 13.2 Å². The fourth-order valence-electron chi connectivity index (χ4n) is 2.71. The van der Waals surface area contributed by atoms with Crippen LogP contribution in [-0.2, 0) is 0 Å². The number of carbonyl (C=O) groups excluding carboxylic acids is 1. The molecule has 0 saturated heterocycles. The Morgan fingerprint density at radius 3 is 2.35 bits per heavy atom. The molecule has 0 atom stereocenters. The van der Waals surface area contributed by atoms with E-state index in [9.17, 15) is 18.0 Å². The van der Waals surface area contributed by atoms with Crippen LogP contribution in [0.25, 0.3) is 22.0 Å². The predicted molar refractivity (Wildman–Crippen MR) is 83.0 cm³/mol. The van der Waals surface area contributed by atoms with E-state index in [1.165, 1.54) is 0 Å². The average molecular weight is 317 g/mol. The molecule has 3 aromatic rings. The molecular weight excluding hydrogens is 303 g/mol. The van der Waals surface area contributed by atoms with Crippen molar-refractivity contribution in [1.29, 1.82) is 0 Å². The maximum Gasteiger partial charge on any atom is 0.161 e. The highest BCUT2D eigenvalue weighted by atomic mass is 19.2. The molecule has 0 aliphatic heterocycles. The van der Waals surface area contributed by atoms with Crippen molar-refractivity contribution in [1.82, 2.24) is 4.57 Å². The first-order chi connectivity index (χ1) is 10.9. The van der Waals surface area contributed by atoms with Gasteiger partial charge in [-0.15, -0.1) is 0 Å². The van der Waals surface area contributed by atoms with Gasteiger partial charge in [-0.3, -0.25) is 4.79 Å². The van der Waals surface area contributed by atoms with Gasteiger partial charge < -0.3 is 4.57 Å². The molecule has 1 aromatic heterocycles. The minimum absolute atomic E-state index is 0.0417. The zero-order chi connectivity index (χ0) is 16.7. The first kappa shape index (κ1) is 15.3. The lowest BCUT2D eigenvalue weighted by Gasteiger charge is -2.10. The van der Waals surface area contributed by atoms with E-state index >= 15 is 0 Å². The Bertz CT molecular complexity index is 912. The summed E-state index contributed by atoms with van der Waals surface area (Å²) in [6, 6.07) is 6.50. The highest BCUT2D eigenvalue weighted by molar-refractivity contribution is 5.99. The number of rotatable bonds is 3. The summed E-state index contributed by atoms with van der Waals surface area (Å²) in [6.45, 7) is 3.97. The van der Waals surface area contributed by atoms with Crippen LogP contribution in [0.4, 0.5) is 13.2 Å². The molecule has 0 fully saturated rings. The van der Waals surface area contributed by atoms with E-state index in [2.05, 4.69) is 0 Å². The SMILES string of the molecule is CC(C)n1cc(C=O)c2cc(-c3cc(F)c(F)cc3F)ccc21. The third-order valence-electron chi connectivity index (χ3n) is 3.87. The maximum absolute atomic E-state index is 14.0. The summed E-state index contributed by atoms with van der Waals surface area (Å²) in [5, 5.41) is 0.648. The molecule has 0 unspecified atom stereocenters. The highest BCUT2D eigenvalue weighted by Crippen LogP contribution is 2.31. The van der Waals surface area contributed by atoms with Crippen LogP contribution in [0.2, 0.25) is 0 Å². The molecule has 3 rings (SSSR count). The van der Waals surface area contributed by atoms with E-state index in [0.29, 0.717) is 22.6 Å². The van der Waals surface area contributed by atoms with Crippen LogP contribution in [0.3, 0.4) is 0 Å². The molecule has 0 radical (unpaired) electrons. The Hall–Kier alpha value is -2.56. The van der Waals surface area contributed by atoms with Crippen LogP contribution in [0.15, 0.2) is 36.5 Å². The van der Waals surface area contributed by atoms with Crippen LogP contribution in [0.1, 0.15) is 30.2 Å². The van der Waals surface area contributed by atoms with Crippen molar-refractivity contribution in [2.75, 3.05) is 0 Å². The van der Waals surface area contributed by atoms with Crippen molar-refractivity contribution in [3.63, 3.8) is 0 Å². The van der Waals surface area contributed by atoms with E-state index in [1.807, 2.05) is 18.4 Å². The Labute approximate surface area is 131 Å². The zero-order valence-corrected chi connectivity index (χ0v) is 12.6. The van der Waals surface area contributed by atoms with Gasteiger partial charge in [-0.1, -0.05) is 6.07 Å². The van der Waals surface area contributed by atoms with Gasteiger partial charge in [0.15, 0.2) is 17.9 Å². The number of nitrogens with zero attached hydrogens (tertiary/aromatic N) is 1. The van der Waals surface area contributed by atoms with Gasteiger partial charge in [0.25, 0.3) is 0 Å². The van der Waals surface area contributed by atoms with E-state index < -0.39 is 17.5 Å². The second-order valence-corrected chi connectivity index (χ2v) is 5.68. The van der Waals surface area contributed by atoms with E-state index in [-0.39, 0.29) is 11.6 Å². The average Bonchev–Trinajstić information content (AvgIpc) is 2.89. The standard InChI is InChI=1S/C18H14F3NO/c1-10(2)22-8-12(9-23)14-5-11(3-4-18(14)22)13-6-16(20)17(21)7-15(13)19/h3-10H,1-2H3. The number of benzene rings is 2. The molecule has 1 heterocycles. The van der Waals surface area contributed by atoms with Crippen LogP contribution in [0, 0.1) is 17.5 Å². The monoisotopic (exact) mass is 317 g/mol. The summed E-state index contributed by atoms with van der Waals surface area (Å²) >= 11 is 0. The lowest BCUT2D eigenvalue weighted by Crippen LogP contribution is -1.98. The molecule has 0 aliphatic carbocycles. The molecule has 0 N–H and O–H groups in total. The van der Waals surface area contributed by atoms with Gasteiger partial charge in [0.1, 0.15) is 5.82 Å². The summed E-state index contributed by atoms with van der Waals surface area (Å²) in [6.07, 6.45) is 2.46. The summed E-state index contributed by atoms with van der Waals surface area (Å²) < 4.78 is 42.4. The van der Waals surface area contributed by atoms with E-state index in [4.69, 9.17) is 0 Å². The molecule has 118 valence electrons. The van der Waals surface area contributed by atoms with Crippen molar-refractivity contribution < 1.29 is 18.0 Å². The van der Waals surface area contributed by atoms with Crippen LogP contribution >= 0.6 is 0 Å². The quantitative estimate of drug-likeness (QED) is 0.485. The Kier molecular flexibility index (Phi) is 3.72. The molecule has 0 saturated carbocycles. The normalized spacial score (nSPS) is 11.4. The fourth-order valence-corrected chi connectivity index (χ4v) is 2.71. The number of carbonyl (C=O) groups is 1. The van der Waals surface area contributed by atoms with Gasteiger partial charge in [0.2, 0.25) is 0 Å². The van der Waals surface area contributed by atoms with Gasteiger partial charge >= 0.3 is 0 Å². The van der Waals surface area contributed by atoms with Gasteiger partial charge in [-0.2, -0.15) is 0 Å². The van der Waals surface area contributed by atoms with Crippen molar-refractivity contribution in [2.24, 2.45) is 0 Å². The number of halogens is 3. The predicted octanol–water partition coefficient (Wildman–Crippen LogP) is 5.12. The smallest absolute Gasteiger partial charge is 0.161 e. The zero-order valence-electron chi connectivity index (χ0n) is 12.6. The van der Waals surface area contributed by atoms with Crippen molar-refractivity contribution >= 4 is 17.2 Å². The van der Waals surface area contributed by atoms with Crippen molar-refractivity contribution in [3.8, 4) is 11.1 Å². The molecule has 2 aromatic carbocycles. The third kappa shape index (κ3) is 2.52. The third-order valence-corrected chi connectivity index (χ3v) is 3.87. The second-order valence-electron chi connectivity index (χ2n) is 5.68. The summed E-state index contributed by atoms with van der Waals surface area (Å²) in [4.78, 5) is 11.3. The number of hydrogen-bond donors (Lipinski definition) is 0. The molecule has 23 heavy (non-hydrogen) atoms. The fraction of sp³-hybridized carbons (Fsp3) is 0.167.